The number of ether oxygens (including phenoxy) is 1. The van der Waals surface area contributed by atoms with Crippen LogP contribution in [0.25, 0.3) is 0 Å². The van der Waals surface area contributed by atoms with Gasteiger partial charge in [-0.15, -0.1) is 0 Å². The molecular formula is C15H21ClN2O2. The van der Waals surface area contributed by atoms with Crippen molar-refractivity contribution >= 4 is 17.5 Å². The van der Waals surface area contributed by atoms with Gasteiger partial charge in [0.2, 0.25) is 5.91 Å². The van der Waals surface area contributed by atoms with Crippen molar-refractivity contribution in [1.82, 2.24) is 10.6 Å². The fraction of sp³-hybridized carbons (Fsp3) is 0.533. The van der Waals surface area contributed by atoms with Gasteiger partial charge in [0.25, 0.3) is 0 Å². The molecule has 2 atom stereocenters. The molecule has 0 bridgehead atoms. The number of hydrogen-bond donors (Lipinski definition) is 2. The lowest BCUT2D eigenvalue weighted by atomic mass is 9.94. The summed E-state index contributed by atoms with van der Waals surface area (Å²) < 4.78 is 5.96. The Morgan fingerprint density at radius 2 is 2.35 bits per heavy atom. The van der Waals surface area contributed by atoms with Gasteiger partial charge in [-0.3, -0.25) is 4.79 Å². The second kappa shape index (κ2) is 7.07. The van der Waals surface area contributed by atoms with Gasteiger partial charge in [-0.05, 0) is 24.1 Å². The first-order valence-corrected chi connectivity index (χ1v) is 7.28. The van der Waals surface area contributed by atoms with Gasteiger partial charge in [0, 0.05) is 37.5 Å². The van der Waals surface area contributed by atoms with Gasteiger partial charge in [-0.2, -0.15) is 0 Å². The average Bonchev–Trinajstić information content (AvgIpc) is 2.65. The van der Waals surface area contributed by atoms with Crippen LogP contribution in [0.1, 0.15) is 24.2 Å². The summed E-state index contributed by atoms with van der Waals surface area (Å²) in [4.78, 5) is 11.1. The van der Waals surface area contributed by atoms with Crippen LogP contribution in [-0.4, -0.2) is 32.1 Å². The van der Waals surface area contributed by atoms with Crippen molar-refractivity contribution in [3.8, 4) is 0 Å². The molecule has 0 spiro atoms. The summed E-state index contributed by atoms with van der Waals surface area (Å²) in [6, 6.07) is 6.03. The maximum absolute atomic E-state index is 11.1. The van der Waals surface area contributed by atoms with E-state index < -0.39 is 0 Å². The Labute approximate surface area is 124 Å². The van der Waals surface area contributed by atoms with Gasteiger partial charge >= 0.3 is 0 Å². The van der Waals surface area contributed by atoms with Crippen molar-refractivity contribution in [3.63, 3.8) is 0 Å². The zero-order valence-corrected chi connectivity index (χ0v) is 12.7. The number of nitrogens with one attached hydrogen (secondary N) is 2. The van der Waals surface area contributed by atoms with Crippen LogP contribution in [-0.2, 0) is 9.53 Å². The zero-order chi connectivity index (χ0) is 14.5. The van der Waals surface area contributed by atoms with E-state index in [1.165, 1.54) is 6.92 Å². The molecule has 1 aliphatic heterocycles. The molecule has 20 heavy (non-hydrogen) atoms. The lowest BCUT2D eigenvalue weighted by Gasteiger charge is -2.25. The highest BCUT2D eigenvalue weighted by atomic mass is 35.5. The van der Waals surface area contributed by atoms with Crippen LogP contribution in [0.3, 0.4) is 0 Å². The molecule has 5 heteroatoms. The summed E-state index contributed by atoms with van der Waals surface area (Å²) in [6.45, 7) is 6.41. The number of benzene rings is 1. The van der Waals surface area contributed by atoms with Crippen LogP contribution in [0.15, 0.2) is 18.2 Å². The molecule has 0 aliphatic carbocycles. The van der Waals surface area contributed by atoms with Gasteiger partial charge in [0.05, 0.1) is 12.7 Å². The Morgan fingerprint density at radius 3 is 3.05 bits per heavy atom. The maximum Gasteiger partial charge on any atom is 0.216 e. The van der Waals surface area contributed by atoms with Crippen molar-refractivity contribution in [3.05, 3.63) is 34.3 Å². The molecule has 2 rings (SSSR count). The Hall–Kier alpha value is -1.10. The standard InChI is InChI=1S/C15H21ClN2O2/c1-10-3-4-12(7-14(10)16)15-13(9-18-11(2)19)8-17-5-6-20-15/h3-4,7,13,15,17H,5-6,8-9H2,1-2H3,(H,18,19)/t13-,15-/m0/s1. The molecule has 0 unspecified atom stereocenters. The Balaban J connectivity index is 2.18. The van der Waals surface area contributed by atoms with Crippen molar-refractivity contribution in [2.75, 3.05) is 26.2 Å². The van der Waals surface area contributed by atoms with E-state index in [1.807, 2.05) is 19.1 Å². The van der Waals surface area contributed by atoms with E-state index in [-0.39, 0.29) is 17.9 Å². The second-order valence-corrected chi connectivity index (χ2v) is 5.61. The fourth-order valence-corrected chi connectivity index (χ4v) is 2.59. The molecule has 1 aromatic rings. The quantitative estimate of drug-likeness (QED) is 0.898. The topological polar surface area (TPSA) is 50.4 Å². The summed E-state index contributed by atoms with van der Waals surface area (Å²) >= 11 is 6.21. The Bertz CT molecular complexity index is 479. The molecule has 1 saturated heterocycles. The third-order valence-electron chi connectivity index (χ3n) is 3.55. The summed E-state index contributed by atoms with van der Waals surface area (Å²) in [5.74, 6) is 0.176. The van der Waals surface area contributed by atoms with E-state index in [1.54, 1.807) is 0 Å². The third-order valence-corrected chi connectivity index (χ3v) is 3.96. The zero-order valence-electron chi connectivity index (χ0n) is 11.9. The summed E-state index contributed by atoms with van der Waals surface area (Å²) in [5.41, 5.74) is 2.13. The Kier molecular flexibility index (Phi) is 5.40. The van der Waals surface area contributed by atoms with Gasteiger partial charge in [-0.25, -0.2) is 0 Å². The number of amides is 1. The molecule has 1 heterocycles. The lowest BCUT2D eigenvalue weighted by molar-refractivity contribution is -0.119. The first-order chi connectivity index (χ1) is 9.58. The van der Waals surface area contributed by atoms with E-state index in [2.05, 4.69) is 16.7 Å². The Morgan fingerprint density at radius 1 is 1.55 bits per heavy atom. The molecule has 0 aromatic heterocycles. The van der Waals surface area contributed by atoms with Crippen molar-refractivity contribution in [2.45, 2.75) is 20.0 Å². The molecule has 1 aromatic carbocycles. The largest absolute Gasteiger partial charge is 0.372 e. The predicted octanol–water partition coefficient (Wildman–Crippen LogP) is 2.06. The molecule has 1 aliphatic rings. The van der Waals surface area contributed by atoms with E-state index in [4.69, 9.17) is 16.3 Å². The summed E-state index contributed by atoms with van der Waals surface area (Å²) in [6.07, 6.45) is -0.0463. The molecule has 0 radical (unpaired) electrons. The van der Waals surface area contributed by atoms with Gasteiger partial charge in [0.1, 0.15) is 0 Å². The van der Waals surface area contributed by atoms with Gasteiger partial charge in [0.15, 0.2) is 0 Å². The smallest absolute Gasteiger partial charge is 0.216 e. The van der Waals surface area contributed by atoms with Crippen LogP contribution in [0.2, 0.25) is 5.02 Å². The SMILES string of the molecule is CC(=O)NC[C@@H]1CNCCO[C@H]1c1ccc(C)c(Cl)c1. The monoisotopic (exact) mass is 296 g/mol. The number of rotatable bonds is 3. The average molecular weight is 297 g/mol. The number of halogens is 1. The predicted molar refractivity (Wildman–Crippen MR) is 79.9 cm³/mol. The number of carbonyl (C=O) groups is 1. The van der Waals surface area contributed by atoms with Crippen molar-refractivity contribution < 1.29 is 9.53 Å². The highest BCUT2D eigenvalue weighted by Gasteiger charge is 2.26. The first-order valence-electron chi connectivity index (χ1n) is 6.90. The molecule has 1 amide bonds. The van der Waals surface area contributed by atoms with E-state index in [0.717, 1.165) is 29.2 Å². The second-order valence-electron chi connectivity index (χ2n) is 5.20. The molecular weight excluding hydrogens is 276 g/mol. The van der Waals surface area contributed by atoms with Crippen LogP contribution in [0.4, 0.5) is 0 Å². The molecule has 0 saturated carbocycles. The minimum atomic E-state index is -0.0463. The van der Waals surface area contributed by atoms with Crippen molar-refractivity contribution in [2.24, 2.45) is 5.92 Å². The number of carbonyl (C=O) groups excluding carboxylic acids is 1. The van der Waals surface area contributed by atoms with Crippen molar-refractivity contribution in [1.29, 1.82) is 0 Å². The summed E-state index contributed by atoms with van der Waals surface area (Å²) in [7, 11) is 0. The van der Waals surface area contributed by atoms with E-state index in [0.29, 0.717) is 13.2 Å². The highest BCUT2D eigenvalue weighted by molar-refractivity contribution is 6.31. The third kappa shape index (κ3) is 3.95. The van der Waals surface area contributed by atoms with Crippen LogP contribution < -0.4 is 10.6 Å². The molecule has 4 nitrogen and oxygen atoms in total. The minimum absolute atomic E-state index is 0.0186. The summed E-state index contributed by atoms with van der Waals surface area (Å²) in [5, 5.41) is 6.97. The number of hydrogen-bond acceptors (Lipinski definition) is 3. The normalized spacial score (nSPS) is 23.1. The number of aryl methyl sites for hydroxylation is 1. The van der Waals surface area contributed by atoms with Crippen LogP contribution in [0.5, 0.6) is 0 Å². The maximum atomic E-state index is 11.1. The van der Waals surface area contributed by atoms with E-state index >= 15 is 0 Å². The molecule has 110 valence electrons. The van der Waals surface area contributed by atoms with Crippen LogP contribution in [0, 0.1) is 12.8 Å². The first kappa shape index (κ1) is 15.3. The lowest BCUT2D eigenvalue weighted by Crippen LogP contribution is -2.35. The fourth-order valence-electron chi connectivity index (χ4n) is 2.40. The molecule has 2 N–H and O–H groups in total. The minimum Gasteiger partial charge on any atom is -0.372 e. The van der Waals surface area contributed by atoms with Gasteiger partial charge in [-0.1, -0.05) is 23.7 Å². The van der Waals surface area contributed by atoms with Crippen LogP contribution >= 0.6 is 11.6 Å². The van der Waals surface area contributed by atoms with Gasteiger partial charge < -0.3 is 15.4 Å². The molecule has 1 fully saturated rings. The highest BCUT2D eigenvalue weighted by Crippen LogP contribution is 2.30. The van der Waals surface area contributed by atoms with E-state index in [9.17, 15) is 4.79 Å².